The zero-order valence-corrected chi connectivity index (χ0v) is 11.8. The van der Waals surface area contributed by atoms with Crippen molar-refractivity contribution >= 4 is 56.3 Å². The normalized spacial score (nSPS) is 10.4. The van der Waals surface area contributed by atoms with Gasteiger partial charge in [0.2, 0.25) is 0 Å². The highest BCUT2D eigenvalue weighted by Gasteiger charge is 1.95. The molecular formula is C15H11Cl3. The van der Waals surface area contributed by atoms with Crippen molar-refractivity contribution < 1.29 is 0 Å². The van der Waals surface area contributed by atoms with Crippen molar-refractivity contribution in [3.8, 4) is 0 Å². The highest BCUT2D eigenvalue weighted by molar-refractivity contribution is 6.63. The molecule has 18 heavy (non-hydrogen) atoms. The molecule has 3 heteroatoms. The number of alkyl halides is 3. The number of rotatable bonds is 0. The first-order valence-electron chi connectivity index (χ1n) is 5.46. The molecule has 0 N–H and O–H groups in total. The fraction of sp³-hybridized carbons (Fsp3) is 0.0667. The van der Waals surface area contributed by atoms with E-state index in [1.165, 1.54) is 21.5 Å². The van der Waals surface area contributed by atoms with Gasteiger partial charge in [0.1, 0.15) is 0 Å². The van der Waals surface area contributed by atoms with E-state index in [1.807, 2.05) is 0 Å². The summed E-state index contributed by atoms with van der Waals surface area (Å²) in [5.41, 5.74) is 0. The predicted molar refractivity (Wildman–Crippen MR) is 82.8 cm³/mol. The molecule has 0 saturated heterocycles. The minimum absolute atomic E-state index is 0.750. The van der Waals surface area contributed by atoms with E-state index in [1.54, 1.807) is 0 Å². The topological polar surface area (TPSA) is 0 Å². The van der Waals surface area contributed by atoms with Crippen LogP contribution in [-0.4, -0.2) is 4.30 Å². The molecular weight excluding hydrogens is 287 g/mol. The Morgan fingerprint density at radius 1 is 0.556 bits per heavy atom. The first kappa shape index (κ1) is 13.5. The number of hydrogen-bond acceptors (Lipinski definition) is 0. The number of benzene rings is 3. The van der Waals surface area contributed by atoms with Crippen LogP contribution in [-0.2, 0) is 0 Å². The van der Waals surface area contributed by atoms with Crippen LogP contribution in [0.15, 0.2) is 60.7 Å². The van der Waals surface area contributed by atoms with Crippen molar-refractivity contribution in [2.45, 2.75) is 4.30 Å². The maximum Gasteiger partial charge on any atom is 0.180 e. The van der Waals surface area contributed by atoms with Crippen LogP contribution in [0.4, 0.5) is 0 Å². The lowest BCUT2D eigenvalue weighted by atomic mass is 10.0. The van der Waals surface area contributed by atoms with Gasteiger partial charge in [0.05, 0.1) is 0 Å². The van der Waals surface area contributed by atoms with E-state index in [2.05, 4.69) is 60.7 Å². The summed E-state index contributed by atoms with van der Waals surface area (Å²) >= 11 is 14.4. The van der Waals surface area contributed by atoms with Crippen LogP contribution in [0.5, 0.6) is 0 Å². The Labute approximate surface area is 121 Å². The molecule has 0 aliphatic carbocycles. The lowest BCUT2D eigenvalue weighted by molar-refractivity contribution is 1.76. The Bertz CT molecular complexity index is 539. The summed E-state index contributed by atoms with van der Waals surface area (Å²) in [4.78, 5) is 0. The van der Waals surface area contributed by atoms with Crippen molar-refractivity contribution in [1.82, 2.24) is 0 Å². The van der Waals surface area contributed by atoms with Gasteiger partial charge in [-0.1, -0.05) is 83.3 Å². The van der Waals surface area contributed by atoms with E-state index in [9.17, 15) is 0 Å². The van der Waals surface area contributed by atoms with Gasteiger partial charge in [-0.25, -0.2) is 0 Å². The average molecular weight is 298 g/mol. The molecule has 3 aromatic carbocycles. The summed E-state index contributed by atoms with van der Waals surface area (Å²) in [6.45, 7) is 0. The SMILES string of the molecule is ClC(Cl)Cl.c1ccc2cc3ccccc3cc2c1. The molecule has 0 unspecified atom stereocenters. The third kappa shape index (κ3) is 3.52. The summed E-state index contributed by atoms with van der Waals surface area (Å²) in [7, 11) is 0. The second-order valence-electron chi connectivity index (χ2n) is 3.79. The quantitative estimate of drug-likeness (QED) is 0.354. The second kappa shape index (κ2) is 6.29. The van der Waals surface area contributed by atoms with Gasteiger partial charge in [0.25, 0.3) is 0 Å². The Kier molecular flexibility index (Phi) is 4.71. The number of hydrogen-bond donors (Lipinski definition) is 0. The van der Waals surface area contributed by atoms with E-state index in [0.29, 0.717) is 0 Å². The molecule has 0 fully saturated rings. The van der Waals surface area contributed by atoms with Gasteiger partial charge in [-0.15, -0.1) is 0 Å². The van der Waals surface area contributed by atoms with Crippen molar-refractivity contribution in [2.75, 3.05) is 0 Å². The fourth-order valence-electron chi connectivity index (χ4n) is 1.88. The molecule has 0 atom stereocenters. The first-order chi connectivity index (χ1) is 8.66. The molecule has 92 valence electrons. The summed E-state index contributed by atoms with van der Waals surface area (Å²) in [5, 5.41) is 5.25. The molecule has 0 bridgehead atoms. The average Bonchev–Trinajstić information content (AvgIpc) is 2.35. The van der Waals surface area contributed by atoms with Crippen LogP contribution in [0, 0.1) is 0 Å². The van der Waals surface area contributed by atoms with Gasteiger partial charge in [0, 0.05) is 0 Å². The molecule has 0 aliphatic rings. The van der Waals surface area contributed by atoms with Gasteiger partial charge >= 0.3 is 0 Å². The molecule has 0 amide bonds. The fourth-order valence-corrected chi connectivity index (χ4v) is 1.88. The molecule has 0 nitrogen and oxygen atoms in total. The first-order valence-corrected chi connectivity index (χ1v) is 6.77. The lowest BCUT2D eigenvalue weighted by Gasteiger charge is -2.00. The van der Waals surface area contributed by atoms with Gasteiger partial charge in [-0.05, 0) is 33.7 Å². The van der Waals surface area contributed by atoms with Crippen LogP contribution in [0.3, 0.4) is 0 Å². The number of fused-ring (bicyclic) bond motifs is 2. The molecule has 0 saturated carbocycles. The molecule has 0 aliphatic heterocycles. The Morgan fingerprint density at radius 2 is 0.778 bits per heavy atom. The molecule has 0 radical (unpaired) electrons. The molecule has 0 spiro atoms. The monoisotopic (exact) mass is 296 g/mol. The molecule has 0 heterocycles. The van der Waals surface area contributed by atoms with Crippen molar-refractivity contribution in [3.63, 3.8) is 0 Å². The zero-order chi connectivity index (χ0) is 13.0. The Morgan fingerprint density at radius 3 is 1.00 bits per heavy atom. The number of halogens is 3. The van der Waals surface area contributed by atoms with Crippen molar-refractivity contribution in [3.05, 3.63) is 60.7 Å². The van der Waals surface area contributed by atoms with Gasteiger partial charge in [-0.2, -0.15) is 0 Å². The van der Waals surface area contributed by atoms with Crippen molar-refractivity contribution in [1.29, 1.82) is 0 Å². The van der Waals surface area contributed by atoms with Crippen LogP contribution in [0.25, 0.3) is 21.5 Å². The molecule has 3 rings (SSSR count). The van der Waals surface area contributed by atoms with E-state index in [0.717, 1.165) is 0 Å². The summed E-state index contributed by atoms with van der Waals surface area (Å²) < 4.78 is -0.750. The van der Waals surface area contributed by atoms with Gasteiger partial charge in [0.15, 0.2) is 4.30 Å². The maximum absolute atomic E-state index is 4.81. The van der Waals surface area contributed by atoms with Crippen LogP contribution < -0.4 is 0 Å². The third-order valence-corrected chi connectivity index (χ3v) is 2.61. The van der Waals surface area contributed by atoms with Crippen molar-refractivity contribution in [2.24, 2.45) is 0 Å². The van der Waals surface area contributed by atoms with Gasteiger partial charge in [-0.3, -0.25) is 0 Å². The standard InChI is InChI=1S/C14H10.CHCl3/c1-2-6-12-10-14-8-4-3-7-13(14)9-11(12)5-1;2-1(3)4/h1-10H;1H. The van der Waals surface area contributed by atoms with Crippen LogP contribution in [0.2, 0.25) is 0 Å². The summed E-state index contributed by atoms with van der Waals surface area (Å²) in [6.07, 6.45) is 0. The van der Waals surface area contributed by atoms with E-state index < -0.39 is 4.30 Å². The smallest absolute Gasteiger partial charge is 0.0874 e. The third-order valence-electron chi connectivity index (χ3n) is 2.61. The largest absolute Gasteiger partial charge is 0.180 e. The predicted octanol–water partition coefficient (Wildman–Crippen LogP) is 5.98. The van der Waals surface area contributed by atoms with Crippen LogP contribution >= 0.6 is 34.8 Å². The second-order valence-corrected chi connectivity index (χ2v) is 5.77. The highest BCUT2D eigenvalue weighted by atomic mass is 35.6. The van der Waals surface area contributed by atoms with E-state index in [-0.39, 0.29) is 0 Å². The minimum atomic E-state index is -0.750. The highest BCUT2D eigenvalue weighted by Crippen LogP contribution is 2.21. The Hall–Kier alpha value is -0.950. The molecule has 0 aromatic heterocycles. The summed E-state index contributed by atoms with van der Waals surface area (Å²) in [6, 6.07) is 21.4. The molecule has 3 aromatic rings. The minimum Gasteiger partial charge on any atom is -0.0874 e. The summed E-state index contributed by atoms with van der Waals surface area (Å²) in [5.74, 6) is 0. The zero-order valence-electron chi connectivity index (χ0n) is 9.48. The van der Waals surface area contributed by atoms with Crippen LogP contribution in [0.1, 0.15) is 0 Å². The van der Waals surface area contributed by atoms with Gasteiger partial charge < -0.3 is 0 Å². The maximum atomic E-state index is 4.81. The Balaban J connectivity index is 0.000000267. The van der Waals surface area contributed by atoms with E-state index in [4.69, 9.17) is 34.8 Å². The van der Waals surface area contributed by atoms with E-state index >= 15 is 0 Å². The lowest BCUT2D eigenvalue weighted by Crippen LogP contribution is -1.74.